The van der Waals surface area contributed by atoms with E-state index in [1.165, 1.54) is 22.9 Å². The SMILES string of the molecule is [C-]#[N+]c1cccc(-n2nc(C)cc2C(=O)Nc2cccc(C(O)c3cccc(OC(F)(F)F)c3)c2)c1. The van der Waals surface area contributed by atoms with Crippen LogP contribution in [-0.2, 0) is 0 Å². The first-order chi connectivity index (χ1) is 17.1. The highest BCUT2D eigenvalue weighted by atomic mass is 19.4. The number of rotatable bonds is 6. The monoisotopic (exact) mass is 492 g/mol. The molecule has 0 aliphatic heterocycles. The second-order valence-corrected chi connectivity index (χ2v) is 7.82. The van der Waals surface area contributed by atoms with E-state index >= 15 is 0 Å². The lowest BCUT2D eigenvalue weighted by molar-refractivity contribution is -0.274. The number of hydrogen-bond donors (Lipinski definition) is 2. The van der Waals surface area contributed by atoms with Crippen molar-refractivity contribution in [2.75, 3.05) is 5.32 Å². The second kappa shape index (κ2) is 9.93. The van der Waals surface area contributed by atoms with Crippen molar-refractivity contribution in [2.24, 2.45) is 0 Å². The molecular weight excluding hydrogens is 473 g/mol. The zero-order valence-corrected chi connectivity index (χ0v) is 18.8. The highest BCUT2D eigenvalue weighted by Gasteiger charge is 2.31. The average molecular weight is 492 g/mol. The molecule has 0 spiro atoms. The van der Waals surface area contributed by atoms with E-state index in [0.717, 1.165) is 12.1 Å². The van der Waals surface area contributed by atoms with E-state index in [2.05, 4.69) is 20.0 Å². The first-order valence-corrected chi connectivity index (χ1v) is 10.6. The van der Waals surface area contributed by atoms with E-state index in [9.17, 15) is 23.1 Å². The van der Waals surface area contributed by atoms with Gasteiger partial charge in [-0.3, -0.25) is 4.79 Å². The molecule has 1 unspecified atom stereocenters. The third kappa shape index (κ3) is 5.71. The van der Waals surface area contributed by atoms with Crippen molar-refractivity contribution in [3.05, 3.63) is 113 Å². The molecular formula is C26H19F3N4O3. The molecule has 3 aromatic carbocycles. The molecule has 4 aromatic rings. The van der Waals surface area contributed by atoms with Crippen LogP contribution in [0.1, 0.15) is 33.4 Å². The molecule has 182 valence electrons. The van der Waals surface area contributed by atoms with Crippen molar-refractivity contribution in [2.45, 2.75) is 19.4 Å². The number of aromatic nitrogens is 2. The smallest absolute Gasteiger partial charge is 0.406 e. The fourth-order valence-electron chi connectivity index (χ4n) is 3.61. The van der Waals surface area contributed by atoms with Crippen LogP contribution < -0.4 is 10.1 Å². The number of nitrogens with one attached hydrogen (secondary N) is 1. The van der Waals surface area contributed by atoms with Gasteiger partial charge in [0.1, 0.15) is 17.5 Å². The summed E-state index contributed by atoms with van der Waals surface area (Å²) in [5, 5.41) is 17.9. The summed E-state index contributed by atoms with van der Waals surface area (Å²) in [5.41, 5.74) is 2.68. The number of halogens is 3. The maximum Gasteiger partial charge on any atom is 0.573 e. The van der Waals surface area contributed by atoms with E-state index < -0.39 is 24.1 Å². The molecule has 2 N–H and O–H groups in total. The number of aliphatic hydroxyl groups excluding tert-OH is 1. The van der Waals surface area contributed by atoms with Crippen LogP contribution >= 0.6 is 0 Å². The number of ether oxygens (including phenoxy) is 1. The third-order valence-corrected chi connectivity index (χ3v) is 5.14. The van der Waals surface area contributed by atoms with Gasteiger partial charge in [0, 0.05) is 5.69 Å². The second-order valence-electron chi connectivity index (χ2n) is 7.82. The van der Waals surface area contributed by atoms with Crippen molar-refractivity contribution in [1.82, 2.24) is 9.78 Å². The normalized spacial score (nSPS) is 12.0. The number of nitrogens with zero attached hydrogens (tertiary/aromatic N) is 3. The van der Waals surface area contributed by atoms with Crippen LogP contribution in [0.3, 0.4) is 0 Å². The lowest BCUT2D eigenvalue weighted by atomic mass is 10.0. The molecule has 0 aliphatic carbocycles. The van der Waals surface area contributed by atoms with Gasteiger partial charge in [-0.2, -0.15) is 5.10 Å². The van der Waals surface area contributed by atoms with Gasteiger partial charge in [0.25, 0.3) is 5.91 Å². The number of benzene rings is 3. The van der Waals surface area contributed by atoms with Crippen molar-refractivity contribution in [1.29, 1.82) is 0 Å². The van der Waals surface area contributed by atoms with Crippen LogP contribution in [0.4, 0.5) is 24.5 Å². The minimum absolute atomic E-state index is 0.189. The summed E-state index contributed by atoms with van der Waals surface area (Å²) in [4.78, 5) is 16.5. The Balaban J connectivity index is 1.57. The fraction of sp³-hybridized carbons (Fsp3) is 0.115. The minimum atomic E-state index is -4.85. The van der Waals surface area contributed by atoms with Crippen LogP contribution in [0.5, 0.6) is 5.75 Å². The van der Waals surface area contributed by atoms with E-state index in [1.807, 2.05) is 0 Å². The number of aliphatic hydroxyl groups is 1. The number of anilines is 1. The highest BCUT2D eigenvalue weighted by molar-refractivity contribution is 6.03. The molecule has 0 fully saturated rings. The number of aryl methyl sites for hydroxylation is 1. The van der Waals surface area contributed by atoms with E-state index in [4.69, 9.17) is 6.57 Å². The molecule has 10 heteroatoms. The Labute approximate surface area is 204 Å². The van der Waals surface area contributed by atoms with Crippen LogP contribution in [0, 0.1) is 13.5 Å². The number of alkyl halides is 3. The van der Waals surface area contributed by atoms with Crippen molar-refractivity contribution in [3.63, 3.8) is 0 Å². The Kier molecular flexibility index (Phi) is 6.76. The van der Waals surface area contributed by atoms with Crippen LogP contribution in [0.25, 0.3) is 10.5 Å². The summed E-state index contributed by atoms with van der Waals surface area (Å²) in [5.74, 6) is -0.926. The largest absolute Gasteiger partial charge is 0.573 e. The van der Waals surface area contributed by atoms with Crippen LogP contribution in [0.15, 0.2) is 78.9 Å². The average Bonchev–Trinajstić information content (AvgIpc) is 3.25. The van der Waals surface area contributed by atoms with Crippen molar-refractivity contribution in [3.8, 4) is 11.4 Å². The molecule has 1 amide bonds. The lowest BCUT2D eigenvalue weighted by Crippen LogP contribution is -2.17. The number of hydrogen-bond acceptors (Lipinski definition) is 4. The van der Waals surface area contributed by atoms with Crippen molar-refractivity contribution < 1.29 is 27.8 Å². The zero-order valence-electron chi connectivity index (χ0n) is 18.8. The Morgan fingerprint density at radius 1 is 1.06 bits per heavy atom. The summed E-state index contributed by atoms with van der Waals surface area (Å²) >= 11 is 0. The van der Waals surface area contributed by atoms with Gasteiger partial charge in [-0.05, 0) is 60.5 Å². The molecule has 7 nitrogen and oxygen atoms in total. The predicted octanol–water partition coefficient (Wildman–Crippen LogP) is 5.96. The number of carbonyl (C=O) groups excluding carboxylic acids is 1. The summed E-state index contributed by atoms with van der Waals surface area (Å²) < 4.78 is 43.0. The molecule has 0 saturated carbocycles. The molecule has 1 aromatic heterocycles. The van der Waals surface area contributed by atoms with Gasteiger partial charge < -0.3 is 15.2 Å². The topological polar surface area (TPSA) is 80.7 Å². The number of carbonyl (C=O) groups is 1. The lowest BCUT2D eigenvalue weighted by Gasteiger charge is -2.15. The summed E-state index contributed by atoms with van der Waals surface area (Å²) in [7, 11) is 0. The molecule has 0 aliphatic rings. The fourth-order valence-corrected chi connectivity index (χ4v) is 3.61. The molecule has 36 heavy (non-hydrogen) atoms. The number of amides is 1. The van der Waals surface area contributed by atoms with Gasteiger partial charge in [0.15, 0.2) is 5.69 Å². The van der Waals surface area contributed by atoms with Gasteiger partial charge >= 0.3 is 6.36 Å². The van der Waals surface area contributed by atoms with Gasteiger partial charge in [0.05, 0.1) is 18.0 Å². The Morgan fingerprint density at radius 2 is 1.75 bits per heavy atom. The van der Waals surface area contributed by atoms with E-state index in [-0.39, 0.29) is 11.3 Å². The first kappa shape index (κ1) is 24.5. The maximum atomic E-state index is 13.1. The van der Waals surface area contributed by atoms with Crippen molar-refractivity contribution >= 4 is 17.3 Å². The zero-order chi connectivity index (χ0) is 25.9. The molecule has 0 saturated heterocycles. The molecule has 0 radical (unpaired) electrons. The van der Waals surface area contributed by atoms with Crippen LogP contribution in [0.2, 0.25) is 0 Å². The molecule has 4 rings (SSSR count). The van der Waals surface area contributed by atoms with Gasteiger partial charge in [0.2, 0.25) is 0 Å². The third-order valence-electron chi connectivity index (χ3n) is 5.14. The summed E-state index contributed by atoms with van der Waals surface area (Å²) in [6.45, 7) is 8.94. The molecule has 0 bridgehead atoms. The maximum absolute atomic E-state index is 13.1. The summed E-state index contributed by atoms with van der Waals surface area (Å²) in [6.07, 6.45) is -6.11. The minimum Gasteiger partial charge on any atom is -0.406 e. The molecule has 1 heterocycles. The van der Waals surface area contributed by atoms with Crippen LogP contribution in [-0.4, -0.2) is 27.2 Å². The predicted molar refractivity (Wildman–Crippen MR) is 126 cm³/mol. The molecule has 1 atom stereocenters. The van der Waals surface area contributed by atoms with Gasteiger partial charge in [-0.1, -0.05) is 36.4 Å². The quantitative estimate of drug-likeness (QED) is 0.325. The standard InChI is InChI=1S/C26H19F3N4O3/c1-16-12-23(33(32-16)21-10-5-8-19(15-21)30-2)25(35)31-20-9-3-6-17(13-20)24(34)18-7-4-11-22(14-18)36-26(27,28)29/h3-15,24,34H,1H3,(H,31,35). The van der Waals surface area contributed by atoms with E-state index in [0.29, 0.717) is 28.3 Å². The van der Waals surface area contributed by atoms with E-state index in [1.54, 1.807) is 55.5 Å². The highest BCUT2D eigenvalue weighted by Crippen LogP contribution is 2.29. The summed E-state index contributed by atoms with van der Waals surface area (Å²) in [6, 6.07) is 19.7. The Bertz CT molecular complexity index is 1460. The van der Waals surface area contributed by atoms with Gasteiger partial charge in [-0.15, -0.1) is 13.2 Å². The Morgan fingerprint density at radius 3 is 2.47 bits per heavy atom. The first-order valence-electron chi connectivity index (χ1n) is 10.6. The Hall–Kier alpha value is -4.62. The van der Waals surface area contributed by atoms with Gasteiger partial charge in [-0.25, -0.2) is 9.53 Å².